The minimum absolute atomic E-state index is 0.0331. The van der Waals surface area contributed by atoms with Gasteiger partial charge in [-0.15, -0.1) is 0 Å². The van der Waals surface area contributed by atoms with E-state index in [1.54, 1.807) is 6.20 Å². The summed E-state index contributed by atoms with van der Waals surface area (Å²) in [6, 6.07) is 2.16. The van der Waals surface area contributed by atoms with Gasteiger partial charge < -0.3 is 10.3 Å². The first-order chi connectivity index (χ1) is 9.60. The highest BCUT2D eigenvalue weighted by molar-refractivity contribution is 5.90. The lowest BCUT2D eigenvalue weighted by Gasteiger charge is -2.06. The summed E-state index contributed by atoms with van der Waals surface area (Å²) in [5, 5.41) is 3.32. The van der Waals surface area contributed by atoms with Crippen LogP contribution in [0.2, 0.25) is 0 Å². The first-order valence-corrected chi connectivity index (χ1v) is 6.83. The third-order valence-electron chi connectivity index (χ3n) is 4.59. The number of H-pyrrole nitrogens is 1. The lowest BCUT2D eigenvalue weighted by Crippen LogP contribution is -2.29. The maximum absolute atomic E-state index is 13.8. The zero-order valence-electron chi connectivity index (χ0n) is 10.8. The molecule has 0 radical (unpaired) electrons. The predicted octanol–water partition coefficient (Wildman–Crippen LogP) is 2.51. The second-order valence-electron chi connectivity index (χ2n) is 5.89. The Kier molecular flexibility index (Phi) is 2.26. The van der Waals surface area contributed by atoms with Crippen molar-refractivity contribution in [2.45, 2.75) is 19.3 Å². The van der Waals surface area contributed by atoms with Crippen LogP contribution in [0.4, 0.5) is 8.78 Å². The molecule has 1 heterocycles. The van der Waals surface area contributed by atoms with Gasteiger partial charge in [-0.1, -0.05) is 0 Å². The summed E-state index contributed by atoms with van der Waals surface area (Å²) in [5.74, 6) is -0.403. The first kappa shape index (κ1) is 11.9. The highest BCUT2D eigenvalue weighted by Crippen LogP contribution is 2.75. The Morgan fingerprint density at radius 3 is 2.85 bits per heavy atom. The van der Waals surface area contributed by atoms with E-state index < -0.39 is 11.6 Å². The van der Waals surface area contributed by atoms with Crippen molar-refractivity contribution in [2.24, 2.45) is 11.3 Å². The second kappa shape index (κ2) is 3.81. The average Bonchev–Trinajstić information content (AvgIpc) is 3.20. The molecule has 2 N–H and O–H groups in total. The Hall–Kier alpha value is -1.91. The number of halogens is 2. The number of nitrogens with one attached hydrogen (secondary N) is 2. The first-order valence-electron chi connectivity index (χ1n) is 6.83. The largest absolute Gasteiger partial charge is 0.361 e. The van der Waals surface area contributed by atoms with Gasteiger partial charge >= 0.3 is 0 Å². The molecule has 0 spiro atoms. The molecule has 2 aromatic rings. The smallest absolute Gasteiger partial charge is 0.226 e. The van der Waals surface area contributed by atoms with Gasteiger partial charge in [-0.2, -0.15) is 0 Å². The number of hydrogen-bond acceptors (Lipinski definition) is 1. The highest BCUT2D eigenvalue weighted by Gasteiger charge is 2.74. The number of rotatable bonds is 4. The van der Waals surface area contributed by atoms with Crippen molar-refractivity contribution in [1.29, 1.82) is 0 Å². The third kappa shape index (κ3) is 1.65. The number of carbonyl (C=O) groups excluding carboxylic acids is 1. The van der Waals surface area contributed by atoms with Crippen LogP contribution in [0.5, 0.6) is 0 Å². The molecule has 0 unspecified atom stereocenters. The normalized spacial score (nSPS) is 26.4. The van der Waals surface area contributed by atoms with Crippen LogP contribution in [-0.2, 0) is 11.2 Å². The Bertz CT molecular complexity index is 716. The second-order valence-corrected chi connectivity index (χ2v) is 5.89. The fourth-order valence-corrected chi connectivity index (χ4v) is 3.01. The zero-order valence-corrected chi connectivity index (χ0v) is 10.8. The lowest BCUT2D eigenvalue weighted by molar-refractivity contribution is -0.124. The SMILES string of the molecule is O=C(NCCc1c[nH]c2cc(F)cc(F)c12)C12CC1C2. The summed E-state index contributed by atoms with van der Waals surface area (Å²) in [7, 11) is 0. The van der Waals surface area contributed by atoms with Gasteiger partial charge in [0.15, 0.2) is 0 Å². The molecule has 20 heavy (non-hydrogen) atoms. The van der Waals surface area contributed by atoms with Crippen molar-refractivity contribution in [3.63, 3.8) is 0 Å². The summed E-state index contributed by atoms with van der Waals surface area (Å²) in [5.41, 5.74) is 1.18. The molecular formula is C15H14F2N2O. The van der Waals surface area contributed by atoms with Crippen molar-refractivity contribution in [3.8, 4) is 0 Å². The molecule has 0 aliphatic heterocycles. The van der Waals surface area contributed by atoms with E-state index in [4.69, 9.17) is 0 Å². The van der Waals surface area contributed by atoms with Crippen LogP contribution >= 0.6 is 0 Å². The number of aromatic amines is 1. The summed E-state index contributed by atoms with van der Waals surface area (Å²) in [4.78, 5) is 14.7. The number of benzene rings is 1. The van der Waals surface area contributed by atoms with E-state index in [1.165, 1.54) is 6.07 Å². The van der Waals surface area contributed by atoms with Crippen molar-refractivity contribution in [1.82, 2.24) is 10.3 Å². The van der Waals surface area contributed by atoms with Gasteiger partial charge in [0.05, 0.1) is 10.9 Å². The topological polar surface area (TPSA) is 44.9 Å². The molecule has 1 amide bonds. The van der Waals surface area contributed by atoms with Gasteiger partial charge in [-0.25, -0.2) is 8.78 Å². The van der Waals surface area contributed by atoms with Crippen LogP contribution in [0.15, 0.2) is 18.3 Å². The van der Waals surface area contributed by atoms with E-state index in [9.17, 15) is 13.6 Å². The molecule has 4 rings (SSSR count). The highest BCUT2D eigenvalue weighted by atomic mass is 19.1. The monoisotopic (exact) mass is 276 g/mol. The maximum atomic E-state index is 13.8. The van der Waals surface area contributed by atoms with Crippen LogP contribution in [0, 0.1) is 23.0 Å². The zero-order chi connectivity index (χ0) is 13.9. The van der Waals surface area contributed by atoms with Crippen LogP contribution in [-0.4, -0.2) is 17.4 Å². The molecule has 0 saturated heterocycles. The molecule has 104 valence electrons. The van der Waals surface area contributed by atoms with Crippen molar-refractivity contribution in [3.05, 3.63) is 35.5 Å². The molecule has 1 aromatic heterocycles. The van der Waals surface area contributed by atoms with Gasteiger partial charge in [-0.3, -0.25) is 4.79 Å². The van der Waals surface area contributed by atoms with Crippen LogP contribution in [0.25, 0.3) is 10.9 Å². The number of carbonyl (C=O) groups is 1. The maximum Gasteiger partial charge on any atom is 0.226 e. The van der Waals surface area contributed by atoms with Gasteiger partial charge in [0.2, 0.25) is 5.91 Å². The molecule has 2 fully saturated rings. The number of aromatic nitrogens is 1. The molecule has 2 aliphatic carbocycles. The fourth-order valence-electron chi connectivity index (χ4n) is 3.01. The number of amides is 1. The Labute approximate surface area is 114 Å². The Balaban J connectivity index is 1.47. The van der Waals surface area contributed by atoms with Crippen molar-refractivity contribution >= 4 is 16.8 Å². The van der Waals surface area contributed by atoms with E-state index in [0.717, 1.165) is 24.5 Å². The van der Waals surface area contributed by atoms with Gasteiger partial charge in [-0.05, 0) is 36.8 Å². The Morgan fingerprint density at radius 2 is 2.15 bits per heavy atom. The van der Waals surface area contributed by atoms with E-state index in [1.807, 2.05) is 0 Å². The molecule has 2 saturated carbocycles. The molecule has 2 aliphatic rings. The minimum atomic E-state index is -0.593. The van der Waals surface area contributed by atoms with Crippen molar-refractivity contribution in [2.75, 3.05) is 6.54 Å². The predicted molar refractivity (Wildman–Crippen MR) is 70.1 cm³/mol. The average molecular weight is 276 g/mol. The van der Waals surface area contributed by atoms with E-state index >= 15 is 0 Å². The standard InChI is InChI=1S/C15H14F2N2O/c16-10-3-11(17)13-8(7-19-12(13)4-10)1-2-18-14(20)15-5-9(15)6-15/h3-4,7,9,19H,1-2,5-6H2,(H,18,20). The summed E-state index contributed by atoms with van der Waals surface area (Å²) < 4.78 is 26.9. The molecule has 0 atom stereocenters. The lowest BCUT2D eigenvalue weighted by atomic mass is 10.1. The summed E-state index contributed by atoms with van der Waals surface area (Å²) >= 11 is 0. The molecule has 0 bridgehead atoms. The summed E-state index contributed by atoms with van der Waals surface area (Å²) in [6.45, 7) is 0.483. The number of fused-ring (bicyclic) bond motifs is 2. The van der Waals surface area contributed by atoms with Gasteiger partial charge in [0.25, 0.3) is 0 Å². The van der Waals surface area contributed by atoms with Crippen LogP contribution in [0.3, 0.4) is 0 Å². The van der Waals surface area contributed by atoms with Gasteiger partial charge in [0, 0.05) is 24.2 Å². The Morgan fingerprint density at radius 1 is 1.40 bits per heavy atom. The van der Waals surface area contributed by atoms with Crippen LogP contribution < -0.4 is 5.32 Å². The molecule has 5 heteroatoms. The van der Waals surface area contributed by atoms with Crippen LogP contribution in [0.1, 0.15) is 18.4 Å². The van der Waals surface area contributed by atoms with Crippen molar-refractivity contribution < 1.29 is 13.6 Å². The number of hydrogen-bond donors (Lipinski definition) is 2. The van der Waals surface area contributed by atoms with E-state index in [0.29, 0.717) is 29.8 Å². The fraction of sp³-hybridized carbons (Fsp3) is 0.400. The third-order valence-corrected chi connectivity index (χ3v) is 4.59. The quantitative estimate of drug-likeness (QED) is 0.885. The summed E-state index contributed by atoms with van der Waals surface area (Å²) in [6.07, 6.45) is 4.27. The van der Waals surface area contributed by atoms with E-state index in [-0.39, 0.29) is 11.3 Å². The molecular weight excluding hydrogens is 262 g/mol. The van der Waals surface area contributed by atoms with E-state index in [2.05, 4.69) is 10.3 Å². The molecule has 1 aromatic carbocycles. The van der Waals surface area contributed by atoms with Gasteiger partial charge in [0.1, 0.15) is 11.6 Å². The molecule has 3 nitrogen and oxygen atoms in total. The minimum Gasteiger partial charge on any atom is -0.361 e.